The van der Waals surface area contributed by atoms with Crippen molar-refractivity contribution >= 4 is 45.6 Å². The van der Waals surface area contributed by atoms with Crippen molar-refractivity contribution in [3.63, 3.8) is 0 Å². The van der Waals surface area contributed by atoms with Crippen molar-refractivity contribution in [2.24, 2.45) is 0 Å². The van der Waals surface area contributed by atoms with Gasteiger partial charge in [0.2, 0.25) is 0 Å². The first-order valence-electron chi connectivity index (χ1n) is 10.5. The number of rotatable bonds is 5. The fraction of sp³-hybridized carbons (Fsp3) is 0.0769. The number of carbonyl (C=O) groups is 1. The Morgan fingerprint density at radius 1 is 1.00 bits per heavy atom. The maximum Gasteiger partial charge on any atom is 0.278 e. The van der Waals surface area contributed by atoms with Gasteiger partial charge in [-0.15, -0.1) is 11.3 Å². The summed E-state index contributed by atoms with van der Waals surface area (Å²) in [5.74, 6) is -0.941. The molecule has 168 valence electrons. The predicted molar refractivity (Wildman–Crippen MR) is 134 cm³/mol. The third-order valence-corrected chi connectivity index (χ3v) is 6.78. The molecule has 0 bridgehead atoms. The summed E-state index contributed by atoms with van der Waals surface area (Å²) >= 11 is 7.58. The number of aromatic nitrogens is 3. The van der Waals surface area contributed by atoms with E-state index in [4.69, 9.17) is 11.6 Å². The van der Waals surface area contributed by atoms with Crippen LogP contribution in [0.5, 0.6) is 0 Å². The number of carbonyl (C=O) groups excluding carboxylic acids is 1. The molecule has 0 aliphatic rings. The number of nitrogens with zero attached hydrogens (tertiary/aromatic N) is 4. The number of anilines is 1. The summed E-state index contributed by atoms with van der Waals surface area (Å²) in [6.45, 7) is 2.07. The van der Waals surface area contributed by atoms with Gasteiger partial charge in [0.05, 0.1) is 29.5 Å². The molecule has 0 aliphatic carbocycles. The third-order valence-electron chi connectivity index (χ3n) is 5.33. The van der Waals surface area contributed by atoms with E-state index in [1.165, 1.54) is 28.5 Å². The van der Waals surface area contributed by atoms with Crippen molar-refractivity contribution in [3.05, 3.63) is 106 Å². The summed E-state index contributed by atoms with van der Waals surface area (Å²) < 4.78 is 14.8. The number of benzene rings is 3. The molecule has 0 saturated heterocycles. The van der Waals surface area contributed by atoms with E-state index in [9.17, 15) is 9.18 Å². The molecule has 5 aromatic rings. The lowest BCUT2D eigenvalue weighted by atomic mass is 10.1. The van der Waals surface area contributed by atoms with E-state index in [0.717, 1.165) is 21.0 Å². The van der Waals surface area contributed by atoms with Gasteiger partial charge in [-0.05, 0) is 48.9 Å². The lowest BCUT2D eigenvalue weighted by Crippen LogP contribution is -2.31. The number of amides is 1. The van der Waals surface area contributed by atoms with Crippen molar-refractivity contribution in [2.75, 3.05) is 4.90 Å². The minimum absolute atomic E-state index is 0.137. The normalized spacial score (nSPS) is 11.0. The van der Waals surface area contributed by atoms with Crippen LogP contribution >= 0.6 is 22.9 Å². The van der Waals surface area contributed by atoms with Crippen LogP contribution in [-0.4, -0.2) is 20.9 Å². The molecule has 5 rings (SSSR count). The quantitative estimate of drug-likeness (QED) is 0.276. The number of thiazole rings is 1. The van der Waals surface area contributed by atoms with Crippen molar-refractivity contribution in [2.45, 2.75) is 13.5 Å². The first-order valence-corrected chi connectivity index (χ1v) is 11.7. The molecule has 34 heavy (non-hydrogen) atoms. The molecule has 2 aromatic heterocycles. The van der Waals surface area contributed by atoms with E-state index in [1.807, 2.05) is 43.3 Å². The Bertz CT molecular complexity index is 1520. The van der Waals surface area contributed by atoms with Crippen molar-refractivity contribution < 1.29 is 9.18 Å². The molecular formula is C26H18ClFN4OS. The Morgan fingerprint density at radius 2 is 1.76 bits per heavy atom. The summed E-state index contributed by atoms with van der Waals surface area (Å²) in [5.41, 5.74) is 3.47. The number of fused-ring (bicyclic) bond motifs is 1. The van der Waals surface area contributed by atoms with Crippen molar-refractivity contribution in [1.82, 2.24) is 15.0 Å². The number of aryl methyl sites for hydroxylation is 1. The van der Waals surface area contributed by atoms with E-state index >= 15 is 0 Å². The number of hydrogen-bond acceptors (Lipinski definition) is 5. The van der Waals surface area contributed by atoms with Crippen LogP contribution in [-0.2, 0) is 6.54 Å². The third kappa shape index (κ3) is 4.40. The van der Waals surface area contributed by atoms with Gasteiger partial charge in [0.1, 0.15) is 16.5 Å². The minimum Gasteiger partial charge on any atom is -0.299 e. The highest BCUT2D eigenvalue weighted by molar-refractivity contribution is 7.15. The lowest BCUT2D eigenvalue weighted by Gasteiger charge is -2.22. The van der Waals surface area contributed by atoms with Gasteiger partial charge in [0, 0.05) is 21.7 Å². The molecule has 0 saturated carbocycles. The van der Waals surface area contributed by atoms with Crippen molar-refractivity contribution in [1.29, 1.82) is 0 Å². The summed E-state index contributed by atoms with van der Waals surface area (Å²) in [5, 5.41) is 1.48. The monoisotopic (exact) mass is 488 g/mol. The zero-order valence-corrected chi connectivity index (χ0v) is 19.6. The van der Waals surface area contributed by atoms with Gasteiger partial charge in [-0.1, -0.05) is 41.9 Å². The van der Waals surface area contributed by atoms with Gasteiger partial charge in [-0.25, -0.2) is 14.4 Å². The number of para-hydroxylation sites is 3. The topological polar surface area (TPSA) is 59.0 Å². The second-order valence-corrected chi connectivity index (χ2v) is 9.20. The molecule has 0 atom stereocenters. The molecule has 5 nitrogen and oxygen atoms in total. The largest absolute Gasteiger partial charge is 0.299 e. The van der Waals surface area contributed by atoms with Crippen LogP contribution < -0.4 is 4.90 Å². The zero-order chi connectivity index (χ0) is 23.7. The highest BCUT2D eigenvalue weighted by Crippen LogP contribution is 2.31. The summed E-state index contributed by atoms with van der Waals surface area (Å²) in [7, 11) is 0. The molecule has 2 heterocycles. The summed E-state index contributed by atoms with van der Waals surface area (Å²) in [4.78, 5) is 29.0. The van der Waals surface area contributed by atoms with Crippen LogP contribution in [0, 0.1) is 12.7 Å². The standard InChI is InChI=1S/C26H18ClFN4OS/c1-16-12-17(10-11-19(16)27)25-30-13-18(34-25)15-32(24-9-5-2-6-20(24)28)26(33)23-14-29-21-7-3-4-8-22(21)31-23/h2-14H,15H2,1H3. The SMILES string of the molecule is Cc1cc(-c2ncc(CN(C(=O)c3cnc4ccccc4n3)c3ccccc3F)s2)ccc1Cl. The van der Waals surface area contributed by atoms with E-state index in [1.54, 1.807) is 30.5 Å². The average Bonchev–Trinajstić information content (AvgIpc) is 3.33. The van der Waals surface area contributed by atoms with Gasteiger partial charge >= 0.3 is 0 Å². The Morgan fingerprint density at radius 3 is 2.56 bits per heavy atom. The molecule has 0 radical (unpaired) electrons. The molecule has 0 unspecified atom stereocenters. The molecule has 8 heteroatoms. The van der Waals surface area contributed by atoms with Gasteiger partial charge in [-0.2, -0.15) is 0 Å². The molecule has 3 aromatic carbocycles. The Hall–Kier alpha value is -3.68. The molecule has 0 N–H and O–H groups in total. The Labute approximate surface area is 204 Å². The van der Waals surface area contributed by atoms with Gasteiger partial charge in [0.25, 0.3) is 5.91 Å². The second kappa shape index (κ2) is 9.29. The zero-order valence-electron chi connectivity index (χ0n) is 18.1. The highest BCUT2D eigenvalue weighted by Gasteiger charge is 2.24. The van der Waals surface area contributed by atoms with Crippen molar-refractivity contribution in [3.8, 4) is 10.6 Å². The smallest absolute Gasteiger partial charge is 0.278 e. The van der Waals surface area contributed by atoms with Crippen LogP contribution in [0.25, 0.3) is 21.6 Å². The number of hydrogen-bond donors (Lipinski definition) is 0. The Balaban J connectivity index is 1.51. The highest BCUT2D eigenvalue weighted by atomic mass is 35.5. The number of halogens is 2. The van der Waals surface area contributed by atoms with Gasteiger partial charge in [0.15, 0.2) is 0 Å². The molecular weight excluding hydrogens is 471 g/mol. The van der Waals surface area contributed by atoms with E-state index in [0.29, 0.717) is 16.1 Å². The predicted octanol–water partition coefficient (Wildman–Crippen LogP) is 6.70. The summed E-state index contributed by atoms with van der Waals surface area (Å²) in [6, 6.07) is 19.2. The molecule has 1 amide bonds. The lowest BCUT2D eigenvalue weighted by molar-refractivity contribution is 0.0979. The fourth-order valence-electron chi connectivity index (χ4n) is 3.58. The van der Waals surface area contributed by atoms with E-state index < -0.39 is 11.7 Å². The van der Waals surface area contributed by atoms with Crippen LogP contribution in [0.2, 0.25) is 5.02 Å². The maximum atomic E-state index is 14.8. The van der Waals surface area contributed by atoms with Crippen LogP contribution in [0.4, 0.5) is 10.1 Å². The average molecular weight is 489 g/mol. The molecule has 0 spiro atoms. The minimum atomic E-state index is -0.498. The van der Waals surface area contributed by atoms with Crippen LogP contribution in [0.3, 0.4) is 0 Å². The van der Waals surface area contributed by atoms with E-state index in [-0.39, 0.29) is 17.9 Å². The van der Waals surface area contributed by atoms with E-state index in [2.05, 4.69) is 15.0 Å². The fourth-order valence-corrected chi connectivity index (χ4v) is 4.60. The Kier molecular flexibility index (Phi) is 6.04. The molecule has 0 aliphatic heterocycles. The first-order chi connectivity index (χ1) is 16.5. The molecule has 0 fully saturated rings. The second-order valence-electron chi connectivity index (χ2n) is 7.68. The summed E-state index contributed by atoms with van der Waals surface area (Å²) in [6.07, 6.45) is 3.13. The van der Waals surface area contributed by atoms with Crippen LogP contribution in [0.1, 0.15) is 20.9 Å². The first kappa shape index (κ1) is 22.1. The van der Waals surface area contributed by atoms with Gasteiger partial charge in [-0.3, -0.25) is 14.7 Å². The maximum absolute atomic E-state index is 14.8. The van der Waals surface area contributed by atoms with Gasteiger partial charge < -0.3 is 0 Å². The van der Waals surface area contributed by atoms with Crippen LogP contribution in [0.15, 0.2) is 79.1 Å².